The van der Waals surface area contributed by atoms with E-state index < -0.39 is 13.0 Å². The van der Waals surface area contributed by atoms with Gasteiger partial charge in [0.2, 0.25) is 5.89 Å². The van der Waals surface area contributed by atoms with Gasteiger partial charge in [0.1, 0.15) is 6.61 Å². The van der Waals surface area contributed by atoms with E-state index in [-0.39, 0.29) is 12.5 Å². The molecule has 7 heteroatoms. The van der Waals surface area contributed by atoms with Crippen LogP contribution in [-0.2, 0) is 11.2 Å². The quantitative estimate of drug-likeness (QED) is 0.768. The van der Waals surface area contributed by atoms with Crippen molar-refractivity contribution in [3.63, 3.8) is 0 Å². The molecule has 1 aromatic rings. The van der Waals surface area contributed by atoms with Crippen molar-refractivity contribution in [3.05, 3.63) is 11.7 Å². The molecule has 0 aliphatic heterocycles. The van der Waals surface area contributed by atoms with Gasteiger partial charge >= 0.3 is 0 Å². The van der Waals surface area contributed by atoms with Crippen LogP contribution in [0.5, 0.6) is 0 Å². The van der Waals surface area contributed by atoms with Crippen LogP contribution in [0.15, 0.2) is 4.52 Å². The molecule has 1 fully saturated rings. The summed E-state index contributed by atoms with van der Waals surface area (Å²) >= 11 is 0. The van der Waals surface area contributed by atoms with Crippen LogP contribution in [0, 0.1) is 0 Å². The van der Waals surface area contributed by atoms with Crippen LogP contribution in [0.2, 0.25) is 0 Å². The number of nitrogens with one attached hydrogen (secondary N) is 1. The maximum atomic E-state index is 11.9. The van der Waals surface area contributed by atoms with Crippen LogP contribution < -0.4 is 5.32 Å². The summed E-state index contributed by atoms with van der Waals surface area (Å²) in [4.78, 5) is 4.32. The number of ether oxygens (including phenoxy) is 1. The summed E-state index contributed by atoms with van der Waals surface area (Å²) < 4.78 is 33.8. The Morgan fingerprint density at radius 3 is 3.05 bits per heavy atom. The maximum absolute atomic E-state index is 11.9. The van der Waals surface area contributed by atoms with Gasteiger partial charge in [-0.05, 0) is 19.9 Å². The van der Waals surface area contributed by atoms with Gasteiger partial charge < -0.3 is 14.6 Å². The highest BCUT2D eigenvalue weighted by Gasteiger charge is 2.31. The third kappa shape index (κ3) is 3.94. The second-order valence-electron chi connectivity index (χ2n) is 4.70. The molecule has 0 bridgehead atoms. The monoisotopic (exact) mass is 275 g/mol. The van der Waals surface area contributed by atoms with Gasteiger partial charge in [0.15, 0.2) is 5.82 Å². The van der Waals surface area contributed by atoms with Crippen LogP contribution >= 0.6 is 0 Å². The van der Waals surface area contributed by atoms with Gasteiger partial charge in [-0.3, -0.25) is 0 Å². The molecule has 5 nitrogen and oxygen atoms in total. The predicted molar refractivity (Wildman–Crippen MR) is 64.3 cm³/mol. The van der Waals surface area contributed by atoms with E-state index in [1.54, 1.807) is 0 Å². The normalized spacial score (nSPS) is 23.4. The minimum atomic E-state index is -2.43. The molecule has 1 aromatic heterocycles. The Bertz CT molecular complexity index is 387. The average molecular weight is 275 g/mol. The maximum Gasteiger partial charge on any atom is 0.261 e. The lowest BCUT2D eigenvalue weighted by Gasteiger charge is -2.14. The van der Waals surface area contributed by atoms with Crippen molar-refractivity contribution in [3.8, 4) is 0 Å². The molecule has 2 unspecified atom stereocenters. The molecule has 2 atom stereocenters. The SMILES string of the molecule is CNC1CCCC1c1nc(CCOCC(F)F)no1. The van der Waals surface area contributed by atoms with Crippen molar-refractivity contribution < 1.29 is 18.0 Å². The van der Waals surface area contributed by atoms with E-state index >= 15 is 0 Å². The lowest BCUT2D eigenvalue weighted by Crippen LogP contribution is -2.27. The minimum absolute atomic E-state index is 0.184. The fraction of sp³-hybridized carbons (Fsp3) is 0.833. The van der Waals surface area contributed by atoms with Gasteiger partial charge in [-0.2, -0.15) is 4.98 Å². The molecule has 0 amide bonds. The van der Waals surface area contributed by atoms with E-state index in [2.05, 4.69) is 15.5 Å². The Hall–Kier alpha value is -1.08. The first kappa shape index (κ1) is 14.3. The number of alkyl halides is 2. The molecule has 2 rings (SSSR count). The van der Waals surface area contributed by atoms with Crippen LogP contribution in [0.3, 0.4) is 0 Å². The Labute approximate surface area is 110 Å². The number of nitrogens with zero attached hydrogens (tertiary/aromatic N) is 2. The van der Waals surface area contributed by atoms with E-state index in [0.717, 1.165) is 19.3 Å². The molecule has 1 N–H and O–H groups in total. The molecule has 108 valence electrons. The number of halogens is 2. The first-order valence-electron chi connectivity index (χ1n) is 6.56. The van der Waals surface area contributed by atoms with E-state index in [1.807, 2.05) is 7.05 Å². The molecule has 1 heterocycles. The summed E-state index contributed by atoms with van der Waals surface area (Å²) in [6, 6.07) is 0.378. The second-order valence-corrected chi connectivity index (χ2v) is 4.70. The second kappa shape index (κ2) is 6.91. The summed E-state index contributed by atoms with van der Waals surface area (Å²) in [6.07, 6.45) is 1.25. The topological polar surface area (TPSA) is 60.2 Å². The number of likely N-dealkylation sites (N-methyl/N-ethyl adjacent to an activating group) is 1. The summed E-state index contributed by atoms with van der Waals surface area (Å²) in [5.74, 6) is 1.42. The molecule has 0 radical (unpaired) electrons. The van der Waals surface area contributed by atoms with Crippen LogP contribution in [0.25, 0.3) is 0 Å². The lowest BCUT2D eigenvalue weighted by atomic mass is 10.0. The van der Waals surface area contributed by atoms with E-state index in [4.69, 9.17) is 9.26 Å². The number of rotatable bonds is 7. The van der Waals surface area contributed by atoms with E-state index in [9.17, 15) is 8.78 Å². The molecular formula is C12H19F2N3O2. The van der Waals surface area contributed by atoms with Gasteiger partial charge in [-0.15, -0.1) is 0 Å². The van der Waals surface area contributed by atoms with E-state index in [1.165, 1.54) is 0 Å². The first-order valence-corrected chi connectivity index (χ1v) is 6.56. The number of aromatic nitrogens is 2. The molecule has 0 aromatic carbocycles. The molecular weight excluding hydrogens is 256 g/mol. The van der Waals surface area contributed by atoms with Gasteiger partial charge in [0.05, 0.1) is 12.5 Å². The van der Waals surface area contributed by atoms with Crippen molar-refractivity contribution >= 4 is 0 Å². The summed E-state index contributed by atoms with van der Waals surface area (Å²) in [7, 11) is 1.93. The van der Waals surface area contributed by atoms with Gasteiger partial charge in [0.25, 0.3) is 6.43 Å². The molecule has 1 aliphatic carbocycles. The summed E-state index contributed by atoms with van der Waals surface area (Å²) in [5, 5.41) is 7.12. The predicted octanol–water partition coefficient (Wildman–Crippen LogP) is 1.75. The lowest BCUT2D eigenvalue weighted by molar-refractivity contribution is 0.0182. The standard InChI is InChI=1S/C12H19F2N3O2/c1-15-9-4-2-3-8(9)12-16-11(17-19-12)5-6-18-7-10(13)14/h8-10,15H,2-7H2,1H3. The Balaban J connectivity index is 1.81. The fourth-order valence-corrected chi connectivity index (χ4v) is 2.46. The zero-order chi connectivity index (χ0) is 13.7. The molecule has 1 saturated carbocycles. The Morgan fingerprint density at radius 1 is 1.47 bits per heavy atom. The van der Waals surface area contributed by atoms with Gasteiger partial charge in [-0.1, -0.05) is 11.6 Å². The number of hydrogen-bond donors (Lipinski definition) is 1. The van der Waals surface area contributed by atoms with Crippen LogP contribution in [0.4, 0.5) is 8.78 Å². The molecule has 1 aliphatic rings. The van der Waals surface area contributed by atoms with Crippen LogP contribution in [0.1, 0.15) is 36.9 Å². The smallest absolute Gasteiger partial charge is 0.261 e. The third-order valence-corrected chi connectivity index (χ3v) is 3.40. The first-order chi connectivity index (χ1) is 9.20. The fourth-order valence-electron chi connectivity index (χ4n) is 2.46. The number of hydrogen-bond acceptors (Lipinski definition) is 5. The van der Waals surface area contributed by atoms with E-state index in [0.29, 0.717) is 24.2 Å². The van der Waals surface area contributed by atoms with Crippen molar-refractivity contribution in [1.29, 1.82) is 0 Å². The van der Waals surface area contributed by atoms with Crippen molar-refractivity contribution in [2.24, 2.45) is 0 Å². The Morgan fingerprint density at radius 2 is 2.32 bits per heavy atom. The van der Waals surface area contributed by atoms with Gasteiger partial charge in [-0.25, -0.2) is 8.78 Å². The molecule has 19 heavy (non-hydrogen) atoms. The zero-order valence-electron chi connectivity index (χ0n) is 10.9. The molecule has 0 saturated heterocycles. The third-order valence-electron chi connectivity index (χ3n) is 3.40. The Kier molecular flexibility index (Phi) is 5.21. The molecule has 0 spiro atoms. The highest BCUT2D eigenvalue weighted by atomic mass is 19.3. The largest absolute Gasteiger partial charge is 0.375 e. The van der Waals surface area contributed by atoms with Crippen LogP contribution in [-0.4, -0.2) is 42.9 Å². The minimum Gasteiger partial charge on any atom is -0.375 e. The zero-order valence-corrected chi connectivity index (χ0v) is 10.9. The average Bonchev–Trinajstić information content (AvgIpc) is 3.02. The van der Waals surface area contributed by atoms with Gasteiger partial charge in [0, 0.05) is 12.5 Å². The highest BCUT2D eigenvalue weighted by Crippen LogP contribution is 2.33. The van der Waals surface area contributed by atoms with Crippen molar-refractivity contribution in [1.82, 2.24) is 15.5 Å². The highest BCUT2D eigenvalue weighted by molar-refractivity contribution is 5.02. The van der Waals surface area contributed by atoms with Crippen molar-refractivity contribution in [2.45, 2.75) is 44.1 Å². The summed E-state index contributed by atoms with van der Waals surface area (Å²) in [5.41, 5.74) is 0. The summed E-state index contributed by atoms with van der Waals surface area (Å²) in [6.45, 7) is -0.363. The van der Waals surface area contributed by atoms with Crippen molar-refractivity contribution in [2.75, 3.05) is 20.3 Å².